The second-order valence-electron chi connectivity index (χ2n) is 6.63. The fourth-order valence-corrected chi connectivity index (χ4v) is 4.29. The molecule has 0 atom stereocenters. The molecule has 0 unspecified atom stereocenters. The molecule has 2 aromatic carbocycles. The van der Waals surface area contributed by atoms with Gasteiger partial charge in [0.15, 0.2) is 5.13 Å². The highest BCUT2D eigenvalue weighted by Crippen LogP contribution is 2.27. The van der Waals surface area contributed by atoms with Crippen LogP contribution in [0, 0.1) is 5.82 Å². The minimum atomic E-state index is -0.302. The molecule has 0 spiro atoms. The Morgan fingerprint density at radius 3 is 3.04 bits per heavy atom. The van der Waals surface area contributed by atoms with Gasteiger partial charge in [-0.1, -0.05) is 17.4 Å². The first-order chi connectivity index (χ1) is 13.1. The highest BCUT2D eigenvalue weighted by atomic mass is 32.1. The number of nitrogens with zero attached hydrogens (tertiary/aromatic N) is 2. The van der Waals surface area contributed by atoms with Gasteiger partial charge in [-0.2, -0.15) is 0 Å². The van der Waals surface area contributed by atoms with Crippen LogP contribution in [0.15, 0.2) is 36.4 Å². The molecule has 5 nitrogen and oxygen atoms in total. The molecular weight excluding hydrogens is 365 g/mol. The summed E-state index contributed by atoms with van der Waals surface area (Å²) in [4.78, 5) is 19.0. The maximum absolute atomic E-state index is 13.3. The summed E-state index contributed by atoms with van der Waals surface area (Å²) in [6, 6.07) is 10.5. The average molecular weight is 385 g/mol. The summed E-state index contributed by atoms with van der Waals surface area (Å²) in [7, 11) is 1.67. The van der Waals surface area contributed by atoms with Crippen molar-refractivity contribution in [2.45, 2.75) is 19.4 Å². The van der Waals surface area contributed by atoms with Crippen molar-refractivity contribution >= 4 is 32.6 Å². The Morgan fingerprint density at radius 1 is 1.30 bits per heavy atom. The van der Waals surface area contributed by atoms with Crippen LogP contribution >= 0.6 is 11.3 Å². The number of amides is 1. The lowest BCUT2D eigenvalue weighted by Gasteiger charge is -2.19. The largest absolute Gasteiger partial charge is 0.497 e. The van der Waals surface area contributed by atoms with Crippen LogP contribution in [0.25, 0.3) is 10.2 Å². The van der Waals surface area contributed by atoms with E-state index in [0.29, 0.717) is 17.2 Å². The quantitative estimate of drug-likeness (QED) is 0.742. The molecule has 0 aliphatic carbocycles. The van der Waals surface area contributed by atoms with Crippen LogP contribution in [0.5, 0.6) is 5.75 Å². The Hall–Kier alpha value is -2.51. The zero-order chi connectivity index (χ0) is 18.8. The third-order valence-corrected chi connectivity index (χ3v) is 5.63. The van der Waals surface area contributed by atoms with E-state index in [0.717, 1.165) is 36.4 Å². The van der Waals surface area contributed by atoms with Crippen molar-refractivity contribution in [1.29, 1.82) is 0 Å². The first kappa shape index (κ1) is 17.9. The van der Waals surface area contributed by atoms with Gasteiger partial charge in [-0.3, -0.25) is 9.69 Å². The number of ether oxygens (including phenoxy) is 1. The molecule has 0 radical (unpaired) electrons. The summed E-state index contributed by atoms with van der Waals surface area (Å²) < 4.78 is 19.3. The Bertz CT molecular complexity index is 989. The Labute approximate surface area is 160 Å². The van der Waals surface area contributed by atoms with Crippen LogP contribution in [-0.4, -0.2) is 36.0 Å². The molecule has 7 heteroatoms. The van der Waals surface area contributed by atoms with Gasteiger partial charge in [-0.05, 0) is 60.8 Å². The van der Waals surface area contributed by atoms with Crippen molar-refractivity contribution in [2.75, 3.05) is 25.5 Å². The molecule has 1 N–H and O–H groups in total. The summed E-state index contributed by atoms with van der Waals surface area (Å²) in [5.74, 6) is 0.461. The molecule has 1 aromatic heterocycles. The van der Waals surface area contributed by atoms with E-state index in [9.17, 15) is 9.18 Å². The Balaban J connectivity index is 1.42. The number of benzene rings is 2. The molecule has 0 fully saturated rings. The van der Waals surface area contributed by atoms with Crippen molar-refractivity contribution in [3.05, 3.63) is 53.3 Å². The zero-order valence-corrected chi connectivity index (χ0v) is 15.8. The fraction of sp³-hybridized carbons (Fsp3) is 0.300. The molecule has 0 saturated heterocycles. The lowest BCUT2D eigenvalue weighted by atomic mass is 10.0. The van der Waals surface area contributed by atoms with E-state index < -0.39 is 0 Å². The number of hydrogen-bond acceptors (Lipinski definition) is 5. The highest BCUT2D eigenvalue weighted by Gasteiger charge is 2.18. The molecule has 140 valence electrons. The first-order valence-corrected chi connectivity index (χ1v) is 9.66. The molecule has 1 amide bonds. The van der Waals surface area contributed by atoms with Gasteiger partial charge in [0.2, 0.25) is 5.91 Å². The van der Waals surface area contributed by atoms with E-state index >= 15 is 0 Å². The van der Waals surface area contributed by atoms with E-state index in [1.54, 1.807) is 13.2 Å². The molecule has 2 heterocycles. The van der Waals surface area contributed by atoms with Crippen LogP contribution in [0.4, 0.5) is 9.52 Å². The van der Waals surface area contributed by atoms with E-state index in [2.05, 4.69) is 27.3 Å². The fourth-order valence-electron chi connectivity index (χ4n) is 3.38. The second kappa shape index (κ2) is 7.62. The number of fused-ring (bicyclic) bond motifs is 2. The number of hydrogen-bond donors (Lipinski definition) is 1. The first-order valence-electron chi connectivity index (χ1n) is 8.85. The van der Waals surface area contributed by atoms with Gasteiger partial charge < -0.3 is 10.1 Å². The number of halogens is 1. The van der Waals surface area contributed by atoms with Crippen molar-refractivity contribution in [1.82, 2.24) is 9.88 Å². The smallest absolute Gasteiger partial charge is 0.240 e. The minimum absolute atomic E-state index is 0.105. The van der Waals surface area contributed by atoms with Crippen molar-refractivity contribution < 1.29 is 13.9 Å². The molecule has 0 bridgehead atoms. The van der Waals surface area contributed by atoms with Crippen LogP contribution < -0.4 is 10.1 Å². The Kier molecular flexibility index (Phi) is 5.05. The predicted octanol–water partition coefficient (Wildman–Crippen LogP) is 3.83. The normalized spacial score (nSPS) is 14.6. The topological polar surface area (TPSA) is 54.5 Å². The highest BCUT2D eigenvalue weighted by molar-refractivity contribution is 7.22. The molecule has 1 aliphatic heterocycles. The summed E-state index contributed by atoms with van der Waals surface area (Å²) in [6.07, 6.45) is 1.97. The number of aromatic nitrogens is 1. The van der Waals surface area contributed by atoms with E-state index in [4.69, 9.17) is 4.74 Å². The van der Waals surface area contributed by atoms with Gasteiger partial charge in [0, 0.05) is 6.54 Å². The standard InChI is InChI=1S/C20H20FN3O2S/c1-26-16-6-4-14-11-24(8-2-3-13(14)9-16)12-19(25)23-20-22-17-7-5-15(21)10-18(17)27-20/h4-7,9-10H,2-3,8,11-12H2,1H3,(H,22,23,25). The SMILES string of the molecule is COc1ccc2c(c1)CCCN(CC(=O)Nc1nc3ccc(F)cc3s1)C2. The lowest BCUT2D eigenvalue weighted by Crippen LogP contribution is -2.33. The average Bonchev–Trinajstić information content (AvgIpc) is 2.92. The summed E-state index contributed by atoms with van der Waals surface area (Å²) in [6.45, 7) is 1.89. The summed E-state index contributed by atoms with van der Waals surface area (Å²) >= 11 is 1.28. The van der Waals surface area contributed by atoms with Gasteiger partial charge in [-0.25, -0.2) is 9.37 Å². The van der Waals surface area contributed by atoms with Crippen molar-refractivity contribution in [3.63, 3.8) is 0 Å². The van der Waals surface area contributed by atoms with Gasteiger partial charge in [0.05, 0.1) is 23.9 Å². The van der Waals surface area contributed by atoms with Gasteiger partial charge in [0.25, 0.3) is 0 Å². The number of carbonyl (C=O) groups excluding carboxylic acids is 1. The number of thiazole rings is 1. The van der Waals surface area contributed by atoms with Crippen LogP contribution in [0.1, 0.15) is 17.5 Å². The Morgan fingerprint density at radius 2 is 2.19 bits per heavy atom. The molecule has 0 saturated carbocycles. The predicted molar refractivity (Wildman–Crippen MR) is 105 cm³/mol. The molecule has 3 aromatic rings. The number of anilines is 1. The molecule has 27 heavy (non-hydrogen) atoms. The molecular formula is C20H20FN3O2S. The van der Waals surface area contributed by atoms with E-state index in [1.165, 1.54) is 34.6 Å². The van der Waals surface area contributed by atoms with Crippen molar-refractivity contribution in [2.24, 2.45) is 0 Å². The number of carbonyl (C=O) groups is 1. The minimum Gasteiger partial charge on any atom is -0.497 e. The van der Waals surface area contributed by atoms with E-state index in [-0.39, 0.29) is 11.7 Å². The number of nitrogens with one attached hydrogen (secondary N) is 1. The third-order valence-electron chi connectivity index (χ3n) is 4.69. The third kappa shape index (κ3) is 4.09. The van der Waals surface area contributed by atoms with Crippen LogP contribution in [0.2, 0.25) is 0 Å². The summed E-state index contributed by atoms with van der Waals surface area (Å²) in [5, 5.41) is 3.35. The van der Waals surface area contributed by atoms with Gasteiger partial charge in [-0.15, -0.1) is 0 Å². The maximum atomic E-state index is 13.3. The monoisotopic (exact) mass is 385 g/mol. The van der Waals surface area contributed by atoms with Gasteiger partial charge >= 0.3 is 0 Å². The van der Waals surface area contributed by atoms with Gasteiger partial charge in [0.1, 0.15) is 11.6 Å². The zero-order valence-electron chi connectivity index (χ0n) is 15.0. The number of aryl methyl sites for hydroxylation is 1. The van der Waals surface area contributed by atoms with Crippen LogP contribution in [0.3, 0.4) is 0 Å². The maximum Gasteiger partial charge on any atom is 0.240 e. The second-order valence-corrected chi connectivity index (χ2v) is 7.66. The molecule has 4 rings (SSSR count). The van der Waals surface area contributed by atoms with E-state index in [1.807, 2.05) is 6.07 Å². The number of rotatable bonds is 4. The number of methoxy groups -OCH3 is 1. The van der Waals surface area contributed by atoms with Crippen molar-refractivity contribution in [3.8, 4) is 5.75 Å². The lowest BCUT2D eigenvalue weighted by molar-refractivity contribution is -0.117. The molecule has 1 aliphatic rings. The van der Waals surface area contributed by atoms with Crippen LogP contribution in [-0.2, 0) is 17.8 Å². The summed E-state index contributed by atoms with van der Waals surface area (Å²) in [5.41, 5.74) is 3.20.